The predicted molar refractivity (Wildman–Crippen MR) is 71.8 cm³/mol. The largest absolute Gasteiger partial charge is 0.394 e. The summed E-state index contributed by atoms with van der Waals surface area (Å²) in [6, 6.07) is 5.52. The van der Waals surface area contributed by atoms with Gasteiger partial charge in [-0.1, -0.05) is 19.9 Å². The smallest absolute Gasteiger partial charge is 0.251 e. The van der Waals surface area contributed by atoms with Crippen molar-refractivity contribution in [3.05, 3.63) is 29.3 Å². The van der Waals surface area contributed by atoms with Crippen LogP contribution >= 0.6 is 0 Å². The number of carbonyl (C=O) groups is 1. The number of rotatable bonds is 4. The average Bonchev–Trinajstić information content (AvgIpc) is 2.82. The number of hydrogen-bond acceptors (Lipinski definition) is 3. The fraction of sp³-hybridized carbons (Fsp3) is 0.500. The maximum Gasteiger partial charge on any atom is 0.251 e. The Kier molecular flexibility index (Phi) is 3.87. The van der Waals surface area contributed by atoms with E-state index in [0.29, 0.717) is 5.56 Å². The molecule has 1 unspecified atom stereocenters. The Morgan fingerprint density at radius 2 is 2.28 bits per heavy atom. The van der Waals surface area contributed by atoms with E-state index in [1.165, 1.54) is 5.56 Å². The van der Waals surface area contributed by atoms with Gasteiger partial charge in [-0.3, -0.25) is 4.79 Å². The first-order valence-electron chi connectivity index (χ1n) is 6.40. The molecule has 3 N–H and O–H groups in total. The van der Waals surface area contributed by atoms with Crippen molar-refractivity contribution < 1.29 is 9.90 Å². The second-order valence-corrected chi connectivity index (χ2v) is 5.06. The van der Waals surface area contributed by atoms with Crippen molar-refractivity contribution in [2.75, 3.05) is 18.5 Å². The molecule has 0 radical (unpaired) electrons. The molecule has 1 aliphatic heterocycles. The second kappa shape index (κ2) is 5.40. The average molecular weight is 248 g/mol. The van der Waals surface area contributed by atoms with Crippen LogP contribution in [0, 0.1) is 5.92 Å². The molecule has 1 atom stereocenters. The molecule has 0 saturated carbocycles. The van der Waals surface area contributed by atoms with Crippen LogP contribution < -0.4 is 10.6 Å². The predicted octanol–water partition coefficient (Wildman–Crippen LogP) is 1.40. The topological polar surface area (TPSA) is 61.4 Å². The summed E-state index contributed by atoms with van der Waals surface area (Å²) >= 11 is 0. The van der Waals surface area contributed by atoms with Crippen LogP contribution in [-0.4, -0.2) is 30.2 Å². The number of aliphatic hydroxyl groups is 1. The Morgan fingerprint density at radius 3 is 2.94 bits per heavy atom. The van der Waals surface area contributed by atoms with Gasteiger partial charge < -0.3 is 15.7 Å². The molecule has 98 valence electrons. The first kappa shape index (κ1) is 12.9. The number of benzene rings is 1. The van der Waals surface area contributed by atoms with Crippen LogP contribution in [0.25, 0.3) is 0 Å². The van der Waals surface area contributed by atoms with Crippen molar-refractivity contribution in [1.82, 2.24) is 5.32 Å². The van der Waals surface area contributed by atoms with Crippen LogP contribution in [-0.2, 0) is 6.42 Å². The quantitative estimate of drug-likeness (QED) is 0.755. The summed E-state index contributed by atoms with van der Waals surface area (Å²) in [6.45, 7) is 4.86. The van der Waals surface area contributed by atoms with E-state index >= 15 is 0 Å². The van der Waals surface area contributed by atoms with E-state index in [2.05, 4.69) is 10.6 Å². The van der Waals surface area contributed by atoms with Crippen LogP contribution in [0.15, 0.2) is 18.2 Å². The van der Waals surface area contributed by atoms with E-state index in [4.69, 9.17) is 0 Å². The lowest BCUT2D eigenvalue weighted by Crippen LogP contribution is -2.41. The molecule has 0 aliphatic carbocycles. The zero-order chi connectivity index (χ0) is 13.1. The Hall–Kier alpha value is -1.55. The lowest BCUT2D eigenvalue weighted by atomic mass is 10.0. The third-order valence-corrected chi connectivity index (χ3v) is 3.40. The summed E-state index contributed by atoms with van der Waals surface area (Å²) in [4.78, 5) is 12.1. The lowest BCUT2D eigenvalue weighted by molar-refractivity contribution is 0.0897. The van der Waals surface area contributed by atoms with Gasteiger partial charge in [0.05, 0.1) is 12.6 Å². The highest BCUT2D eigenvalue weighted by Gasteiger charge is 2.18. The SMILES string of the molecule is CC(C)C(CO)NC(=O)c1ccc2c(c1)NCC2. The number of hydrogen-bond donors (Lipinski definition) is 3. The van der Waals surface area contributed by atoms with Crippen LogP contribution in [0.3, 0.4) is 0 Å². The van der Waals surface area contributed by atoms with Crippen molar-refractivity contribution in [2.24, 2.45) is 5.92 Å². The molecular formula is C14H20N2O2. The molecule has 0 saturated heterocycles. The van der Waals surface area contributed by atoms with E-state index in [1.807, 2.05) is 32.0 Å². The van der Waals surface area contributed by atoms with E-state index in [9.17, 15) is 9.90 Å². The van der Waals surface area contributed by atoms with Gasteiger partial charge in [0.1, 0.15) is 0 Å². The van der Waals surface area contributed by atoms with Crippen molar-refractivity contribution in [1.29, 1.82) is 0 Å². The zero-order valence-corrected chi connectivity index (χ0v) is 10.9. The molecule has 4 heteroatoms. The fourth-order valence-electron chi connectivity index (χ4n) is 2.11. The number of amides is 1. The van der Waals surface area contributed by atoms with Gasteiger partial charge in [-0.05, 0) is 30.0 Å². The minimum Gasteiger partial charge on any atom is -0.394 e. The van der Waals surface area contributed by atoms with Crippen molar-refractivity contribution >= 4 is 11.6 Å². The van der Waals surface area contributed by atoms with Gasteiger partial charge in [0.2, 0.25) is 0 Å². The van der Waals surface area contributed by atoms with Gasteiger partial charge in [0.25, 0.3) is 5.91 Å². The first-order chi connectivity index (χ1) is 8.61. The molecule has 0 aromatic heterocycles. The molecule has 4 nitrogen and oxygen atoms in total. The van der Waals surface area contributed by atoms with Crippen LogP contribution in [0.4, 0.5) is 5.69 Å². The normalized spacial score (nSPS) is 15.1. The summed E-state index contributed by atoms with van der Waals surface area (Å²) in [6.07, 6.45) is 1.02. The molecule has 1 heterocycles. The molecule has 1 amide bonds. The molecule has 1 aromatic carbocycles. The third kappa shape index (κ3) is 2.64. The third-order valence-electron chi connectivity index (χ3n) is 3.40. The maximum absolute atomic E-state index is 12.1. The molecule has 1 aromatic rings. The zero-order valence-electron chi connectivity index (χ0n) is 10.9. The molecular weight excluding hydrogens is 228 g/mol. The monoisotopic (exact) mass is 248 g/mol. The van der Waals surface area contributed by atoms with E-state index in [0.717, 1.165) is 18.7 Å². The standard InChI is InChI=1S/C14H20N2O2/c1-9(2)13(8-17)16-14(18)11-4-3-10-5-6-15-12(10)7-11/h3-4,7,9,13,15,17H,5-6,8H2,1-2H3,(H,16,18). The Bertz CT molecular complexity index is 443. The van der Waals surface area contributed by atoms with Gasteiger partial charge in [-0.15, -0.1) is 0 Å². The van der Waals surface area contributed by atoms with Gasteiger partial charge in [0, 0.05) is 17.8 Å². The first-order valence-corrected chi connectivity index (χ1v) is 6.40. The Balaban J connectivity index is 2.09. The van der Waals surface area contributed by atoms with E-state index in [1.54, 1.807) is 0 Å². The molecule has 0 fully saturated rings. The van der Waals surface area contributed by atoms with Crippen LogP contribution in [0.1, 0.15) is 29.8 Å². The van der Waals surface area contributed by atoms with Crippen molar-refractivity contribution in [3.8, 4) is 0 Å². The molecule has 0 bridgehead atoms. The van der Waals surface area contributed by atoms with Gasteiger partial charge in [-0.25, -0.2) is 0 Å². The lowest BCUT2D eigenvalue weighted by Gasteiger charge is -2.20. The Morgan fingerprint density at radius 1 is 1.50 bits per heavy atom. The summed E-state index contributed by atoms with van der Waals surface area (Å²) in [5.74, 6) is 0.0887. The molecule has 2 rings (SSSR count). The van der Waals surface area contributed by atoms with Gasteiger partial charge >= 0.3 is 0 Å². The Labute approximate surface area is 107 Å². The van der Waals surface area contributed by atoms with Gasteiger partial charge in [-0.2, -0.15) is 0 Å². The number of carbonyl (C=O) groups excluding carboxylic acids is 1. The van der Waals surface area contributed by atoms with Crippen LogP contribution in [0.2, 0.25) is 0 Å². The minimum atomic E-state index is -0.196. The minimum absolute atomic E-state index is 0.0351. The van der Waals surface area contributed by atoms with E-state index in [-0.39, 0.29) is 24.5 Å². The molecule has 18 heavy (non-hydrogen) atoms. The highest BCUT2D eigenvalue weighted by atomic mass is 16.3. The summed E-state index contributed by atoms with van der Waals surface area (Å²) in [5.41, 5.74) is 2.95. The summed E-state index contributed by atoms with van der Waals surface area (Å²) < 4.78 is 0. The van der Waals surface area contributed by atoms with Crippen molar-refractivity contribution in [3.63, 3.8) is 0 Å². The highest BCUT2D eigenvalue weighted by Crippen LogP contribution is 2.23. The fourth-order valence-corrected chi connectivity index (χ4v) is 2.11. The number of anilines is 1. The number of fused-ring (bicyclic) bond motifs is 1. The molecule has 0 spiro atoms. The van der Waals surface area contributed by atoms with Gasteiger partial charge in [0.15, 0.2) is 0 Å². The summed E-state index contributed by atoms with van der Waals surface area (Å²) in [7, 11) is 0. The van der Waals surface area contributed by atoms with Crippen LogP contribution in [0.5, 0.6) is 0 Å². The van der Waals surface area contributed by atoms with E-state index < -0.39 is 0 Å². The number of aliphatic hydroxyl groups excluding tert-OH is 1. The van der Waals surface area contributed by atoms with Crippen molar-refractivity contribution in [2.45, 2.75) is 26.3 Å². The number of nitrogens with one attached hydrogen (secondary N) is 2. The maximum atomic E-state index is 12.1. The highest BCUT2D eigenvalue weighted by molar-refractivity contribution is 5.95. The molecule has 1 aliphatic rings. The second-order valence-electron chi connectivity index (χ2n) is 5.06. The summed E-state index contributed by atoms with van der Waals surface area (Å²) in [5, 5.41) is 15.3.